The second kappa shape index (κ2) is 12.1. The van der Waals surface area contributed by atoms with Gasteiger partial charge in [-0.3, -0.25) is 4.98 Å². The third-order valence-electron chi connectivity index (χ3n) is 9.33. The van der Waals surface area contributed by atoms with Crippen molar-refractivity contribution >= 4 is 53.3 Å². The Morgan fingerprint density at radius 2 is 1.00 bits per heavy atom. The van der Waals surface area contributed by atoms with Crippen LogP contribution in [0.1, 0.15) is 0 Å². The van der Waals surface area contributed by atoms with Gasteiger partial charge < -0.3 is 0 Å². The molecule has 0 saturated heterocycles. The number of aromatic nitrogens is 5. The van der Waals surface area contributed by atoms with E-state index in [2.05, 4.69) is 91.0 Å². The molecule has 0 spiro atoms. The van der Waals surface area contributed by atoms with E-state index in [1.807, 2.05) is 84.3 Å². The van der Waals surface area contributed by atoms with Gasteiger partial charge in [0, 0.05) is 59.4 Å². The second-order valence-corrected chi connectivity index (χ2v) is 13.6. The summed E-state index contributed by atoms with van der Waals surface area (Å²) >= 11 is 1.82. The van der Waals surface area contributed by atoms with E-state index in [0.29, 0.717) is 17.5 Å². The van der Waals surface area contributed by atoms with Crippen molar-refractivity contribution in [1.29, 1.82) is 0 Å². The van der Waals surface area contributed by atoms with Gasteiger partial charge in [0.25, 0.3) is 0 Å². The summed E-state index contributed by atoms with van der Waals surface area (Å²) in [5, 5.41) is 4.63. The first-order chi connectivity index (χ1) is 25.2. The van der Waals surface area contributed by atoms with Crippen molar-refractivity contribution in [2.24, 2.45) is 0 Å². The minimum absolute atomic E-state index is 0.599. The molecule has 5 nitrogen and oxygen atoms in total. The predicted molar refractivity (Wildman–Crippen MR) is 210 cm³/mol. The van der Waals surface area contributed by atoms with Crippen LogP contribution in [0.15, 0.2) is 164 Å². The van der Waals surface area contributed by atoms with E-state index in [9.17, 15) is 0 Å². The van der Waals surface area contributed by atoms with Crippen LogP contribution in [0.3, 0.4) is 0 Å². The zero-order chi connectivity index (χ0) is 33.7. The van der Waals surface area contributed by atoms with E-state index < -0.39 is 0 Å². The lowest BCUT2D eigenvalue weighted by molar-refractivity contribution is 1.07. The van der Waals surface area contributed by atoms with Crippen LogP contribution >= 0.6 is 11.3 Å². The number of pyridine rings is 2. The van der Waals surface area contributed by atoms with Gasteiger partial charge in [0.05, 0.1) is 16.7 Å². The molecule has 10 aromatic rings. The molecular weight excluding hydrogens is 643 g/mol. The molecule has 0 N–H and O–H groups in total. The Balaban J connectivity index is 1.24. The molecule has 0 amide bonds. The molecule has 0 aliphatic heterocycles. The summed E-state index contributed by atoms with van der Waals surface area (Å²) in [6.07, 6.45) is 1.83. The Bertz CT molecular complexity index is 2860. The van der Waals surface area contributed by atoms with E-state index in [4.69, 9.17) is 24.9 Å². The minimum Gasteiger partial charge on any atom is -0.254 e. The average molecular weight is 670 g/mol. The van der Waals surface area contributed by atoms with E-state index in [0.717, 1.165) is 60.9 Å². The molecule has 0 fully saturated rings. The number of fused-ring (bicyclic) bond motifs is 6. The molecule has 4 aromatic heterocycles. The summed E-state index contributed by atoms with van der Waals surface area (Å²) in [6.45, 7) is 0. The maximum atomic E-state index is 5.26. The quantitative estimate of drug-likeness (QED) is 0.171. The number of thiophene rings is 1. The molecule has 6 heteroatoms. The molecule has 6 aromatic carbocycles. The van der Waals surface area contributed by atoms with Crippen molar-refractivity contribution in [2.75, 3.05) is 0 Å². The summed E-state index contributed by atoms with van der Waals surface area (Å²) in [5.74, 6) is 1.85. The monoisotopic (exact) mass is 669 g/mol. The van der Waals surface area contributed by atoms with E-state index >= 15 is 0 Å². The average Bonchev–Trinajstić information content (AvgIpc) is 3.60. The van der Waals surface area contributed by atoms with E-state index in [1.165, 1.54) is 20.2 Å². The van der Waals surface area contributed by atoms with E-state index in [-0.39, 0.29) is 0 Å². The first-order valence-corrected chi connectivity index (χ1v) is 17.6. The Labute approximate surface area is 297 Å². The maximum absolute atomic E-state index is 5.26. The van der Waals surface area contributed by atoms with Crippen LogP contribution in [-0.4, -0.2) is 24.9 Å². The van der Waals surface area contributed by atoms with Gasteiger partial charge in [-0.2, -0.15) is 0 Å². The van der Waals surface area contributed by atoms with Crippen molar-refractivity contribution in [3.8, 4) is 56.5 Å². The fourth-order valence-electron chi connectivity index (χ4n) is 6.86. The number of nitrogens with zero attached hydrogens (tertiary/aromatic N) is 5. The highest BCUT2D eigenvalue weighted by Gasteiger charge is 2.17. The number of benzene rings is 6. The van der Waals surface area contributed by atoms with Crippen LogP contribution in [0.5, 0.6) is 0 Å². The fourth-order valence-corrected chi connectivity index (χ4v) is 8.10. The molecule has 0 aliphatic rings. The molecule has 10 rings (SSSR count). The summed E-state index contributed by atoms with van der Waals surface area (Å²) in [5.41, 5.74) is 8.57. The Hall–Kier alpha value is -6.63. The third-order valence-corrected chi connectivity index (χ3v) is 10.6. The van der Waals surface area contributed by atoms with Crippen molar-refractivity contribution < 1.29 is 0 Å². The summed E-state index contributed by atoms with van der Waals surface area (Å²) in [7, 11) is 0. The van der Waals surface area contributed by atoms with Crippen LogP contribution in [0.2, 0.25) is 0 Å². The van der Waals surface area contributed by atoms with Gasteiger partial charge >= 0.3 is 0 Å². The number of hydrogen-bond acceptors (Lipinski definition) is 6. The molecule has 0 aliphatic carbocycles. The van der Waals surface area contributed by atoms with Crippen molar-refractivity contribution in [3.63, 3.8) is 0 Å². The maximum Gasteiger partial charge on any atom is 0.164 e. The normalized spacial score (nSPS) is 11.5. The first kappa shape index (κ1) is 29.3. The van der Waals surface area contributed by atoms with Crippen LogP contribution < -0.4 is 0 Å². The zero-order valence-corrected chi connectivity index (χ0v) is 28.0. The lowest BCUT2D eigenvalue weighted by Gasteiger charge is -2.13. The first-order valence-electron chi connectivity index (χ1n) is 16.8. The minimum atomic E-state index is 0.599. The van der Waals surface area contributed by atoms with Crippen LogP contribution in [0, 0.1) is 0 Å². The Morgan fingerprint density at radius 3 is 1.76 bits per heavy atom. The third kappa shape index (κ3) is 5.21. The molecule has 0 saturated carbocycles. The van der Waals surface area contributed by atoms with Crippen LogP contribution in [0.25, 0.3) is 98.5 Å². The second-order valence-electron chi connectivity index (χ2n) is 12.5. The molecular formula is C45H27N5S. The summed E-state index contributed by atoms with van der Waals surface area (Å²) in [6, 6.07) is 54.5. The largest absolute Gasteiger partial charge is 0.254 e. The highest BCUT2D eigenvalue weighted by atomic mass is 32.1. The van der Waals surface area contributed by atoms with Crippen molar-refractivity contribution in [1.82, 2.24) is 24.9 Å². The molecule has 0 bridgehead atoms. The fraction of sp³-hybridized carbons (Fsp3) is 0. The van der Waals surface area contributed by atoms with Gasteiger partial charge in [-0.15, -0.1) is 11.3 Å². The molecule has 0 unspecified atom stereocenters. The topological polar surface area (TPSA) is 64.5 Å². The molecule has 0 radical (unpaired) electrons. The van der Waals surface area contributed by atoms with Crippen molar-refractivity contribution in [3.05, 3.63) is 164 Å². The van der Waals surface area contributed by atoms with Gasteiger partial charge in [0.1, 0.15) is 0 Å². The molecule has 4 heterocycles. The van der Waals surface area contributed by atoms with Gasteiger partial charge in [0.2, 0.25) is 0 Å². The molecule has 51 heavy (non-hydrogen) atoms. The highest BCUT2D eigenvalue weighted by Crippen LogP contribution is 2.42. The SMILES string of the molecule is c1ccc(-c2nc(-c3ccccc3)nc(-c3cc(-c4ccc5ccc6cccnc6c5n4)cc(-c4cccc5c4sc4ccccc45)c3)n2)cc1. The zero-order valence-electron chi connectivity index (χ0n) is 27.2. The lowest BCUT2D eigenvalue weighted by atomic mass is 9.96. The summed E-state index contributed by atoms with van der Waals surface area (Å²) < 4.78 is 2.51. The molecule has 238 valence electrons. The summed E-state index contributed by atoms with van der Waals surface area (Å²) in [4.78, 5) is 25.1. The Morgan fingerprint density at radius 1 is 0.392 bits per heavy atom. The smallest absolute Gasteiger partial charge is 0.164 e. The number of rotatable bonds is 5. The van der Waals surface area contributed by atoms with Crippen molar-refractivity contribution in [2.45, 2.75) is 0 Å². The van der Waals surface area contributed by atoms with Crippen LogP contribution in [-0.2, 0) is 0 Å². The predicted octanol–water partition coefficient (Wildman–Crippen LogP) is 11.7. The van der Waals surface area contributed by atoms with Gasteiger partial charge in [-0.1, -0.05) is 121 Å². The highest BCUT2D eigenvalue weighted by molar-refractivity contribution is 7.26. The van der Waals surface area contributed by atoms with Gasteiger partial charge in [-0.25, -0.2) is 19.9 Å². The van der Waals surface area contributed by atoms with Crippen LogP contribution in [0.4, 0.5) is 0 Å². The van der Waals surface area contributed by atoms with Gasteiger partial charge in [0.15, 0.2) is 17.5 Å². The Kier molecular flexibility index (Phi) is 6.93. The van der Waals surface area contributed by atoms with Gasteiger partial charge in [-0.05, 0) is 47.5 Å². The lowest BCUT2D eigenvalue weighted by Crippen LogP contribution is -2.00. The standard InChI is InChI=1S/C45H27N5S/c1-3-11-30(12-4-1)43-48-44(31-13-5-2-6-14-31)50-45(49-43)34-26-32(35-17-9-18-37-36-16-7-8-19-39(36)51-42(35)37)25-33(27-34)38-23-22-29-21-20-28-15-10-24-46-40(28)41(29)47-38/h1-27H. The molecule has 0 atom stereocenters. The van der Waals surface area contributed by atoms with E-state index in [1.54, 1.807) is 0 Å². The number of hydrogen-bond donors (Lipinski definition) is 0.